The number of carbonyl (C=O) groups is 1. The van der Waals surface area contributed by atoms with E-state index in [9.17, 15) is 4.79 Å². The van der Waals surface area contributed by atoms with Gasteiger partial charge in [0.2, 0.25) is 0 Å². The van der Waals surface area contributed by atoms with Gasteiger partial charge in [-0.05, 0) is 52.1 Å². The van der Waals surface area contributed by atoms with Gasteiger partial charge in [0.1, 0.15) is 11.9 Å². The van der Waals surface area contributed by atoms with Crippen LogP contribution in [0.25, 0.3) is 0 Å². The zero-order valence-electron chi connectivity index (χ0n) is 17.5. The van der Waals surface area contributed by atoms with Gasteiger partial charge in [-0.3, -0.25) is 9.69 Å². The predicted octanol–water partition coefficient (Wildman–Crippen LogP) is 2.20. The van der Waals surface area contributed by atoms with Crippen LogP contribution in [-0.4, -0.2) is 93.8 Å². The van der Waals surface area contributed by atoms with Crippen LogP contribution in [0.2, 0.25) is 0 Å². The molecule has 6 heteroatoms. The molecule has 1 aromatic rings. The van der Waals surface area contributed by atoms with Crippen LogP contribution >= 0.6 is 0 Å². The maximum absolute atomic E-state index is 12.6. The van der Waals surface area contributed by atoms with Crippen molar-refractivity contribution < 1.29 is 14.3 Å². The molecular formula is C21H35N3O3. The maximum atomic E-state index is 12.6. The van der Waals surface area contributed by atoms with Crippen LogP contribution in [0.5, 0.6) is 5.75 Å². The summed E-state index contributed by atoms with van der Waals surface area (Å²) in [4.78, 5) is 18.9. The molecule has 1 amide bonds. The van der Waals surface area contributed by atoms with Crippen LogP contribution in [0.15, 0.2) is 24.3 Å². The number of amides is 1. The van der Waals surface area contributed by atoms with Crippen LogP contribution in [0.4, 0.5) is 0 Å². The Morgan fingerprint density at radius 3 is 2.56 bits per heavy atom. The lowest BCUT2D eigenvalue weighted by Crippen LogP contribution is -2.44. The van der Waals surface area contributed by atoms with Crippen molar-refractivity contribution in [3.63, 3.8) is 0 Å². The average Bonchev–Trinajstić information content (AvgIpc) is 2.66. The third-order valence-corrected chi connectivity index (χ3v) is 5.12. The molecule has 1 saturated heterocycles. The van der Waals surface area contributed by atoms with Crippen molar-refractivity contribution in [3.8, 4) is 5.75 Å². The van der Waals surface area contributed by atoms with Gasteiger partial charge in [-0.15, -0.1) is 0 Å². The minimum absolute atomic E-state index is 0.0329. The molecule has 1 fully saturated rings. The van der Waals surface area contributed by atoms with Crippen molar-refractivity contribution in [2.75, 3.05) is 61.0 Å². The number of rotatable bonds is 9. The average molecular weight is 378 g/mol. The monoisotopic (exact) mass is 377 g/mol. The maximum Gasteiger partial charge on any atom is 0.253 e. The highest BCUT2D eigenvalue weighted by Gasteiger charge is 2.24. The Hall–Kier alpha value is -1.63. The van der Waals surface area contributed by atoms with Crippen molar-refractivity contribution in [1.29, 1.82) is 0 Å². The summed E-state index contributed by atoms with van der Waals surface area (Å²) in [5.41, 5.74) is 0.680. The molecule has 27 heavy (non-hydrogen) atoms. The second kappa shape index (κ2) is 10.6. The number of benzene rings is 1. The molecule has 0 aromatic heterocycles. The number of likely N-dealkylation sites (tertiary alicyclic amines) is 1. The van der Waals surface area contributed by atoms with Crippen molar-refractivity contribution in [3.05, 3.63) is 29.8 Å². The van der Waals surface area contributed by atoms with E-state index in [1.54, 1.807) is 12.0 Å². The standard InChI is InChI=1S/C21H35N3O3/c1-17(16-26-5)24-11-9-19(10-12-24)27-20-8-6-7-18(15-20)21(25)23(4)14-13-22(2)3/h6-8,15,17,19H,9-14,16H2,1-5H3. The van der Waals surface area contributed by atoms with E-state index in [-0.39, 0.29) is 12.0 Å². The fraction of sp³-hybridized carbons (Fsp3) is 0.667. The lowest BCUT2D eigenvalue weighted by molar-refractivity contribution is 0.0474. The van der Waals surface area contributed by atoms with Crippen LogP contribution in [-0.2, 0) is 4.74 Å². The van der Waals surface area contributed by atoms with Crippen LogP contribution in [0.1, 0.15) is 30.1 Å². The first-order valence-electron chi connectivity index (χ1n) is 9.80. The summed E-state index contributed by atoms with van der Waals surface area (Å²) in [5, 5.41) is 0. The summed E-state index contributed by atoms with van der Waals surface area (Å²) in [6.45, 7) is 6.54. The first-order valence-corrected chi connectivity index (χ1v) is 9.80. The first kappa shape index (κ1) is 21.7. The molecule has 1 aliphatic heterocycles. The fourth-order valence-electron chi connectivity index (χ4n) is 3.35. The molecule has 2 rings (SSSR count). The van der Waals surface area contributed by atoms with E-state index in [4.69, 9.17) is 9.47 Å². The van der Waals surface area contributed by atoms with Crippen molar-refractivity contribution >= 4 is 5.91 Å². The summed E-state index contributed by atoms with van der Waals surface area (Å²) in [6.07, 6.45) is 2.19. The van der Waals surface area contributed by atoms with Gasteiger partial charge in [-0.25, -0.2) is 0 Å². The summed E-state index contributed by atoms with van der Waals surface area (Å²) in [6, 6.07) is 8.01. The number of hydrogen-bond donors (Lipinski definition) is 0. The molecule has 1 atom stereocenters. The van der Waals surface area contributed by atoms with Gasteiger partial charge in [0.05, 0.1) is 6.61 Å². The zero-order valence-corrected chi connectivity index (χ0v) is 17.5. The molecule has 152 valence electrons. The lowest BCUT2D eigenvalue weighted by atomic mass is 10.1. The second-order valence-corrected chi connectivity index (χ2v) is 7.72. The number of nitrogens with zero attached hydrogens (tertiary/aromatic N) is 3. The van der Waals surface area contributed by atoms with Crippen LogP contribution in [0, 0.1) is 0 Å². The topological polar surface area (TPSA) is 45.3 Å². The Bertz CT molecular complexity index is 586. The highest BCUT2D eigenvalue weighted by atomic mass is 16.5. The lowest BCUT2D eigenvalue weighted by Gasteiger charge is -2.35. The van der Waals surface area contributed by atoms with E-state index in [1.807, 2.05) is 45.4 Å². The first-order chi connectivity index (χ1) is 12.9. The van der Waals surface area contributed by atoms with Gasteiger partial charge in [0, 0.05) is 51.9 Å². The van der Waals surface area contributed by atoms with Gasteiger partial charge in [0.15, 0.2) is 0 Å². The van der Waals surface area contributed by atoms with Crippen molar-refractivity contribution in [2.45, 2.75) is 31.9 Å². The van der Waals surface area contributed by atoms with Crippen molar-refractivity contribution in [2.24, 2.45) is 0 Å². The molecule has 1 aromatic carbocycles. The highest BCUT2D eigenvalue weighted by molar-refractivity contribution is 5.94. The largest absolute Gasteiger partial charge is 0.490 e. The third-order valence-electron chi connectivity index (χ3n) is 5.12. The molecule has 1 heterocycles. The molecule has 0 radical (unpaired) electrons. The molecular weight excluding hydrogens is 342 g/mol. The van der Waals surface area contributed by atoms with Gasteiger partial charge in [-0.2, -0.15) is 0 Å². The molecule has 1 aliphatic rings. The number of methoxy groups -OCH3 is 1. The number of carbonyl (C=O) groups excluding carboxylic acids is 1. The normalized spacial score (nSPS) is 17.1. The molecule has 6 nitrogen and oxygen atoms in total. The summed E-state index contributed by atoms with van der Waals surface area (Å²) in [7, 11) is 7.61. The Labute approximate surface area is 164 Å². The van der Waals surface area contributed by atoms with Gasteiger partial charge >= 0.3 is 0 Å². The Kier molecular flexibility index (Phi) is 8.54. The molecule has 0 N–H and O–H groups in total. The molecule has 0 aliphatic carbocycles. The predicted molar refractivity (Wildman–Crippen MR) is 109 cm³/mol. The second-order valence-electron chi connectivity index (χ2n) is 7.72. The third kappa shape index (κ3) is 6.79. The minimum Gasteiger partial charge on any atom is -0.490 e. The Morgan fingerprint density at radius 2 is 1.93 bits per heavy atom. The fourth-order valence-corrected chi connectivity index (χ4v) is 3.35. The van der Waals surface area contributed by atoms with Crippen LogP contribution < -0.4 is 4.74 Å². The van der Waals surface area contributed by atoms with E-state index < -0.39 is 0 Å². The van der Waals surface area contributed by atoms with E-state index in [2.05, 4.69) is 16.7 Å². The minimum atomic E-state index is 0.0329. The van der Waals surface area contributed by atoms with Crippen molar-refractivity contribution in [1.82, 2.24) is 14.7 Å². The van der Waals surface area contributed by atoms with E-state index in [1.165, 1.54) is 0 Å². The Morgan fingerprint density at radius 1 is 1.22 bits per heavy atom. The van der Waals surface area contributed by atoms with E-state index in [0.29, 0.717) is 18.2 Å². The molecule has 0 spiro atoms. The van der Waals surface area contributed by atoms with Gasteiger partial charge < -0.3 is 19.3 Å². The summed E-state index contributed by atoms with van der Waals surface area (Å²) in [5.74, 6) is 0.816. The number of ether oxygens (including phenoxy) is 2. The highest BCUT2D eigenvalue weighted by Crippen LogP contribution is 2.21. The summed E-state index contributed by atoms with van der Waals surface area (Å²) >= 11 is 0. The SMILES string of the molecule is COCC(C)N1CCC(Oc2cccc(C(=O)N(C)CCN(C)C)c2)CC1. The van der Waals surface area contributed by atoms with E-state index in [0.717, 1.165) is 44.8 Å². The molecule has 0 saturated carbocycles. The number of likely N-dealkylation sites (N-methyl/N-ethyl adjacent to an activating group) is 2. The van der Waals surface area contributed by atoms with Gasteiger partial charge in [-0.1, -0.05) is 6.07 Å². The molecule has 1 unspecified atom stereocenters. The molecule has 0 bridgehead atoms. The number of hydrogen-bond acceptors (Lipinski definition) is 5. The van der Waals surface area contributed by atoms with E-state index >= 15 is 0 Å². The summed E-state index contributed by atoms with van der Waals surface area (Å²) < 4.78 is 11.4. The number of piperidine rings is 1. The Balaban J connectivity index is 1.88. The smallest absolute Gasteiger partial charge is 0.253 e. The van der Waals surface area contributed by atoms with Gasteiger partial charge in [0.25, 0.3) is 5.91 Å². The van der Waals surface area contributed by atoms with Crippen LogP contribution in [0.3, 0.4) is 0 Å². The zero-order chi connectivity index (χ0) is 19.8. The quantitative estimate of drug-likeness (QED) is 0.660.